The maximum Gasteiger partial charge on any atom is 0.328 e. The molecule has 0 aliphatic carbocycles. The van der Waals surface area contributed by atoms with Crippen LogP contribution in [0.15, 0.2) is 66.7 Å². The largest absolute Gasteiger partial charge is 0.467 e. The molecule has 3 rings (SSSR count). The van der Waals surface area contributed by atoms with E-state index >= 15 is 0 Å². The number of fused-ring (bicyclic) bond motifs is 1. The summed E-state index contributed by atoms with van der Waals surface area (Å²) in [6.45, 7) is 6.37. The Bertz CT molecular complexity index is 1010. The van der Waals surface area contributed by atoms with Crippen LogP contribution in [0.25, 0.3) is 10.8 Å². The van der Waals surface area contributed by atoms with E-state index in [1.807, 2.05) is 54.6 Å². The fourth-order valence-corrected chi connectivity index (χ4v) is 3.39. The molecule has 0 bridgehead atoms. The van der Waals surface area contributed by atoms with Crippen LogP contribution in [0.2, 0.25) is 0 Å². The standard InChI is InChI=1S/C25H27NO3/c1-25(2,3)20-14-12-18(13-15-20)23(27)26-22(24(28)29-4)16-19-10-7-9-17-8-5-6-11-21(17)19/h5-15,22H,16H2,1-4H3,(H,26,27)/t22-/m0/s1. The second kappa shape index (κ2) is 8.48. The lowest BCUT2D eigenvalue weighted by atomic mass is 9.86. The maximum absolute atomic E-state index is 12.8. The number of hydrogen-bond donors (Lipinski definition) is 1. The third-order valence-corrected chi connectivity index (χ3v) is 5.11. The Morgan fingerprint density at radius 3 is 2.24 bits per heavy atom. The van der Waals surface area contributed by atoms with Gasteiger partial charge in [0.1, 0.15) is 6.04 Å². The number of nitrogens with one attached hydrogen (secondary N) is 1. The van der Waals surface area contributed by atoms with Crippen LogP contribution in [0, 0.1) is 0 Å². The molecule has 3 aromatic rings. The number of carbonyl (C=O) groups is 2. The van der Waals surface area contributed by atoms with Crippen molar-refractivity contribution in [2.75, 3.05) is 7.11 Å². The molecular formula is C25H27NO3. The molecule has 1 atom stereocenters. The van der Waals surface area contributed by atoms with E-state index in [1.165, 1.54) is 7.11 Å². The van der Waals surface area contributed by atoms with E-state index in [0.717, 1.165) is 21.9 Å². The molecule has 4 nitrogen and oxygen atoms in total. The molecule has 3 aromatic carbocycles. The molecule has 29 heavy (non-hydrogen) atoms. The Morgan fingerprint density at radius 2 is 1.59 bits per heavy atom. The number of rotatable bonds is 5. The van der Waals surface area contributed by atoms with Gasteiger partial charge < -0.3 is 10.1 Å². The van der Waals surface area contributed by atoms with E-state index in [9.17, 15) is 9.59 Å². The predicted molar refractivity (Wildman–Crippen MR) is 116 cm³/mol. The van der Waals surface area contributed by atoms with Gasteiger partial charge in [0.05, 0.1) is 7.11 Å². The molecule has 0 aliphatic rings. The zero-order valence-electron chi connectivity index (χ0n) is 17.4. The first-order valence-electron chi connectivity index (χ1n) is 9.75. The third kappa shape index (κ3) is 4.83. The van der Waals surface area contributed by atoms with Gasteiger partial charge in [0, 0.05) is 12.0 Å². The average Bonchev–Trinajstić information content (AvgIpc) is 2.72. The first-order valence-corrected chi connectivity index (χ1v) is 9.75. The summed E-state index contributed by atoms with van der Waals surface area (Å²) in [5.41, 5.74) is 2.67. The molecule has 4 heteroatoms. The number of methoxy groups -OCH3 is 1. The second-order valence-electron chi connectivity index (χ2n) is 8.22. The minimum Gasteiger partial charge on any atom is -0.467 e. The van der Waals surface area contributed by atoms with Gasteiger partial charge in [-0.3, -0.25) is 4.79 Å². The molecule has 0 aromatic heterocycles. The highest BCUT2D eigenvalue weighted by Crippen LogP contribution is 2.23. The molecule has 150 valence electrons. The molecule has 1 N–H and O–H groups in total. The highest BCUT2D eigenvalue weighted by molar-refractivity contribution is 5.97. The smallest absolute Gasteiger partial charge is 0.328 e. The van der Waals surface area contributed by atoms with Crippen molar-refractivity contribution in [2.24, 2.45) is 0 Å². The average molecular weight is 389 g/mol. The van der Waals surface area contributed by atoms with Crippen LogP contribution < -0.4 is 5.32 Å². The Morgan fingerprint density at radius 1 is 0.931 bits per heavy atom. The topological polar surface area (TPSA) is 55.4 Å². The molecule has 0 spiro atoms. The van der Waals surface area contributed by atoms with Gasteiger partial charge in [-0.2, -0.15) is 0 Å². The monoisotopic (exact) mass is 389 g/mol. The lowest BCUT2D eigenvalue weighted by molar-refractivity contribution is -0.142. The van der Waals surface area contributed by atoms with Crippen molar-refractivity contribution in [3.05, 3.63) is 83.4 Å². The van der Waals surface area contributed by atoms with Crippen LogP contribution in [0.1, 0.15) is 42.3 Å². The van der Waals surface area contributed by atoms with Crippen LogP contribution in [0.5, 0.6) is 0 Å². The van der Waals surface area contributed by atoms with E-state index < -0.39 is 12.0 Å². The third-order valence-electron chi connectivity index (χ3n) is 5.11. The van der Waals surface area contributed by atoms with Crippen molar-refractivity contribution < 1.29 is 14.3 Å². The summed E-state index contributed by atoms with van der Waals surface area (Å²) >= 11 is 0. The van der Waals surface area contributed by atoms with E-state index in [4.69, 9.17) is 4.74 Å². The lowest BCUT2D eigenvalue weighted by Crippen LogP contribution is -2.43. The van der Waals surface area contributed by atoms with Gasteiger partial charge in [-0.1, -0.05) is 75.4 Å². The minimum atomic E-state index is -0.763. The Hall–Kier alpha value is -3.14. The molecule has 1 amide bonds. The van der Waals surface area contributed by atoms with Gasteiger partial charge >= 0.3 is 5.97 Å². The second-order valence-corrected chi connectivity index (χ2v) is 8.22. The van der Waals surface area contributed by atoms with E-state index in [0.29, 0.717) is 12.0 Å². The van der Waals surface area contributed by atoms with E-state index in [2.05, 4.69) is 26.1 Å². The van der Waals surface area contributed by atoms with Gasteiger partial charge in [-0.25, -0.2) is 4.79 Å². The number of carbonyl (C=O) groups excluding carboxylic acids is 2. The van der Waals surface area contributed by atoms with Crippen LogP contribution in [-0.4, -0.2) is 25.0 Å². The van der Waals surface area contributed by atoms with Crippen LogP contribution in [0.3, 0.4) is 0 Å². The number of esters is 1. The summed E-state index contributed by atoms with van der Waals surface area (Å²) in [4.78, 5) is 25.1. The molecular weight excluding hydrogens is 362 g/mol. The normalized spacial score (nSPS) is 12.4. The Kier molecular flexibility index (Phi) is 6.02. The van der Waals surface area contributed by atoms with Crippen molar-refractivity contribution in [2.45, 2.75) is 38.6 Å². The summed E-state index contributed by atoms with van der Waals surface area (Å²) in [5, 5.41) is 5.00. The molecule has 0 unspecified atom stereocenters. The predicted octanol–water partition coefficient (Wildman–Crippen LogP) is 4.65. The van der Waals surface area contributed by atoms with Crippen molar-refractivity contribution in [1.29, 1.82) is 0 Å². The highest BCUT2D eigenvalue weighted by Gasteiger charge is 2.24. The zero-order valence-corrected chi connectivity index (χ0v) is 17.4. The molecule has 0 radical (unpaired) electrons. The fraction of sp³-hybridized carbons (Fsp3) is 0.280. The number of ether oxygens (including phenoxy) is 1. The number of benzene rings is 3. The van der Waals surface area contributed by atoms with Crippen molar-refractivity contribution in [3.8, 4) is 0 Å². The Labute approximate surface area is 171 Å². The first kappa shape index (κ1) is 20.6. The molecule has 0 aliphatic heterocycles. The van der Waals surface area contributed by atoms with E-state index in [1.54, 1.807) is 12.1 Å². The molecule has 0 saturated carbocycles. The maximum atomic E-state index is 12.8. The SMILES string of the molecule is COC(=O)[C@H](Cc1cccc2ccccc12)NC(=O)c1ccc(C(C)(C)C)cc1. The summed E-state index contributed by atoms with van der Waals surface area (Å²) in [5.74, 6) is -0.751. The van der Waals surface area contributed by atoms with Gasteiger partial charge in [0.2, 0.25) is 0 Å². The highest BCUT2D eigenvalue weighted by atomic mass is 16.5. The summed E-state index contributed by atoms with van der Waals surface area (Å²) < 4.78 is 4.94. The number of hydrogen-bond acceptors (Lipinski definition) is 3. The van der Waals surface area contributed by atoms with Gasteiger partial charge in [-0.15, -0.1) is 0 Å². The summed E-state index contributed by atoms with van der Waals surface area (Å²) in [6, 6.07) is 20.7. The fourth-order valence-electron chi connectivity index (χ4n) is 3.39. The van der Waals surface area contributed by atoms with E-state index in [-0.39, 0.29) is 11.3 Å². The van der Waals surface area contributed by atoms with Gasteiger partial charge in [-0.05, 0) is 39.4 Å². The van der Waals surface area contributed by atoms with Gasteiger partial charge in [0.25, 0.3) is 5.91 Å². The van der Waals surface area contributed by atoms with Crippen molar-refractivity contribution >= 4 is 22.6 Å². The molecule has 0 heterocycles. The summed E-state index contributed by atoms with van der Waals surface area (Å²) in [7, 11) is 1.34. The number of amides is 1. The minimum absolute atomic E-state index is 0.0118. The first-order chi connectivity index (χ1) is 13.8. The summed E-state index contributed by atoms with van der Waals surface area (Å²) in [6.07, 6.45) is 0.361. The van der Waals surface area contributed by atoms with Crippen LogP contribution in [0.4, 0.5) is 0 Å². The van der Waals surface area contributed by atoms with Crippen molar-refractivity contribution in [3.63, 3.8) is 0 Å². The Balaban J connectivity index is 1.82. The van der Waals surface area contributed by atoms with Gasteiger partial charge in [0.15, 0.2) is 0 Å². The lowest BCUT2D eigenvalue weighted by Gasteiger charge is -2.20. The quantitative estimate of drug-likeness (QED) is 0.646. The van der Waals surface area contributed by atoms with Crippen molar-refractivity contribution in [1.82, 2.24) is 5.32 Å². The zero-order chi connectivity index (χ0) is 21.0. The van der Waals surface area contributed by atoms with Crippen LogP contribution in [-0.2, 0) is 21.4 Å². The van der Waals surface area contributed by atoms with Crippen LogP contribution >= 0.6 is 0 Å². The molecule has 0 fully saturated rings. The molecule has 0 saturated heterocycles.